The normalized spacial score (nSPS) is 10.5. The summed E-state index contributed by atoms with van der Waals surface area (Å²) in [4.78, 5) is 0. The average Bonchev–Trinajstić information content (AvgIpc) is 2.26. The van der Waals surface area contributed by atoms with Crippen molar-refractivity contribution in [2.24, 2.45) is 0 Å². The molecule has 0 aliphatic rings. The summed E-state index contributed by atoms with van der Waals surface area (Å²) in [6.07, 6.45) is -2.60. The topological polar surface area (TPSA) is 38.7 Å². The summed E-state index contributed by atoms with van der Waals surface area (Å²) >= 11 is 0. The Morgan fingerprint density at radius 2 is 1.93 bits per heavy atom. The first kappa shape index (κ1) is 11.7. The molecule has 0 fully saturated rings. The molecule has 0 spiro atoms. The molecule has 0 unspecified atom stereocenters. The Labute approximate surface area is 86.2 Å². The van der Waals surface area contributed by atoms with Crippen LogP contribution in [0.4, 0.5) is 8.78 Å². The zero-order valence-corrected chi connectivity index (χ0v) is 8.46. The second-order valence-corrected chi connectivity index (χ2v) is 2.87. The minimum absolute atomic E-state index is 0.194. The van der Waals surface area contributed by atoms with Crippen LogP contribution >= 0.6 is 0 Å². The van der Waals surface area contributed by atoms with Crippen LogP contribution in [0.15, 0.2) is 12.1 Å². The zero-order chi connectivity index (χ0) is 11.4. The Morgan fingerprint density at radius 3 is 2.33 bits per heavy atom. The van der Waals surface area contributed by atoms with Crippen molar-refractivity contribution in [1.29, 1.82) is 0 Å². The van der Waals surface area contributed by atoms with Gasteiger partial charge in [-0.3, -0.25) is 0 Å². The van der Waals surface area contributed by atoms with Gasteiger partial charge < -0.3 is 14.6 Å². The van der Waals surface area contributed by atoms with E-state index in [0.29, 0.717) is 0 Å². The minimum Gasteiger partial charge on any atom is -0.493 e. The lowest BCUT2D eigenvalue weighted by Crippen LogP contribution is -1.98. The molecule has 3 nitrogen and oxygen atoms in total. The monoisotopic (exact) mass is 218 g/mol. The molecule has 0 aliphatic carbocycles. The fourth-order valence-electron chi connectivity index (χ4n) is 1.31. The summed E-state index contributed by atoms with van der Waals surface area (Å²) in [6, 6.07) is 2.40. The molecule has 0 amide bonds. The highest BCUT2D eigenvalue weighted by Crippen LogP contribution is 2.35. The van der Waals surface area contributed by atoms with Crippen molar-refractivity contribution in [1.82, 2.24) is 0 Å². The van der Waals surface area contributed by atoms with Gasteiger partial charge in [-0.25, -0.2) is 8.78 Å². The molecule has 1 rings (SSSR count). The number of hydrogen-bond donors (Lipinski definition) is 1. The van der Waals surface area contributed by atoms with Gasteiger partial charge in [0.2, 0.25) is 0 Å². The Bertz CT molecular complexity index is 314. The Hall–Kier alpha value is -1.36. The number of aliphatic hydroxyl groups is 1. The van der Waals surface area contributed by atoms with E-state index >= 15 is 0 Å². The van der Waals surface area contributed by atoms with Crippen molar-refractivity contribution in [3.05, 3.63) is 23.3 Å². The van der Waals surface area contributed by atoms with Crippen LogP contribution in [0, 0.1) is 0 Å². The number of rotatable bonds is 4. The maximum Gasteiger partial charge on any atom is 0.263 e. The van der Waals surface area contributed by atoms with Crippen LogP contribution in [0.1, 0.15) is 17.6 Å². The molecule has 15 heavy (non-hydrogen) atoms. The maximum absolute atomic E-state index is 12.5. The quantitative estimate of drug-likeness (QED) is 0.841. The number of alkyl halides is 2. The van der Waals surface area contributed by atoms with Crippen LogP contribution < -0.4 is 9.47 Å². The second kappa shape index (κ2) is 4.93. The van der Waals surface area contributed by atoms with Crippen LogP contribution in [0.5, 0.6) is 11.5 Å². The summed E-state index contributed by atoms with van der Waals surface area (Å²) < 4.78 is 34.8. The van der Waals surface area contributed by atoms with E-state index in [2.05, 4.69) is 0 Å². The van der Waals surface area contributed by atoms with Crippen LogP contribution in [-0.4, -0.2) is 19.3 Å². The largest absolute Gasteiger partial charge is 0.493 e. The van der Waals surface area contributed by atoms with Crippen molar-refractivity contribution in [2.75, 3.05) is 14.2 Å². The van der Waals surface area contributed by atoms with E-state index in [4.69, 9.17) is 14.6 Å². The fourth-order valence-corrected chi connectivity index (χ4v) is 1.31. The molecule has 5 heteroatoms. The van der Waals surface area contributed by atoms with Gasteiger partial charge in [-0.05, 0) is 12.1 Å². The Balaban J connectivity index is 3.29. The Kier molecular flexibility index (Phi) is 3.85. The van der Waals surface area contributed by atoms with Gasteiger partial charge in [0.25, 0.3) is 6.43 Å². The van der Waals surface area contributed by atoms with Gasteiger partial charge in [-0.15, -0.1) is 0 Å². The molecule has 0 saturated heterocycles. The molecule has 0 saturated carbocycles. The van der Waals surface area contributed by atoms with E-state index in [1.54, 1.807) is 0 Å². The predicted octanol–water partition coefficient (Wildman–Crippen LogP) is 2.13. The molecule has 0 aliphatic heterocycles. The van der Waals surface area contributed by atoms with E-state index in [0.717, 1.165) is 0 Å². The molecule has 0 aromatic heterocycles. The van der Waals surface area contributed by atoms with Crippen molar-refractivity contribution < 1.29 is 23.4 Å². The van der Waals surface area contributed by atoms with E-state index in [1.165, 1.54) is 26.4 Å². The van der Waals surface area contributed by atoms with Gasteiger partial charge in [0.1, 0.15) is 0 Å². The lowest BCUT2D eigenvalue weighted by atomic mass is 10.1. The van der Waals surface area contributed by atoms with Crippen molar-refractivity contribution in [2.45, 2.75) is 13.0 Å². The van der Waals surface area contributed by atoms with Gasteiger partial charge in [0.05, 0.1) is 20.8 Å². The van der Waals surface area contributed by atoms with Crippen LogP contribution in [0.25, 0.3) is 0 Å². The third-order valence-electron chi connectivity index (χ3n) is 2.00. The summed E-state index contributed by atoms with van der Waals surface area (Å²) in [7, 11) is 2.74. The zero-order valence-electron chi connectivity index (χ0n) is 8.46. The van der Waals surface area contributed by atoms with E-state index < -0.39 is 6.43 Å². The molecule has 1 aromatic rings. The molecule has 84 valence electrons. The molecule has 0 atom stereocenters. The average molecular weight is 218 g/mol. The third-order valence-corrected chi connectivity index (χ3v) is 2.00. The molecule has 0 radical (unpaired) electrons. The highest BCUT2D eigenvalue weighted by molar-refractivity contribution is 5.49. The first-order valence-electron chi connectivity index (χ1n) is 4.27. The summed E-state index contributed by atoms with van der Waals surface area (Å²) in [6.45, 7) is -0.375. The fraction of sp³-hybridized carbons (Fsp3) is 0.400. The lowest BCUT2D eigenvalue weighted by molar-refractivity contribution is 0.150. The molecular weight excluding hydrogens is 206 g/mol. The second-order valence-electron chi connectivity index (χ2n) is 2.87. The highest BCUT2D eigenvalue weighted by Gasteiger charge is 2.16. The standard InChI is InChI=1S/C10H12F2O3/c1-14-8-4-6(10(11)12)3-7(5-13)9(8)15-2/h3-4,10,13H,5H2,1-2H3. The molecule has 1 N–H and O–H groups in total. The molecule has 0 bridgehead atoms. The minimum atomic E-state index is -2.60. The smallest absolute Gasteiger partial charge is 0.263 e. The number of ether oxygens (including phenoxy) is 2. The van der Waals surface area contributed by atoms with Gasteiger partial charge in [-0.2, -0.15) is 0 Å². The maximum atomic E-state index is 12.5. The van der Waals surface area contributed by atoms with E-state index in [-0.39, 0.29) is 29.2 Å². The highest BCUT2D eigenvalue weighted by atomic mass is 19.3. The summed E-state index contributed by atoms with van der Waals surface area (Å²) in [5.41, 5.74) is 0.0869. The van der Waals surface area contributed by atoms with Gasteiger partial charge >= 0.3 is 0 Å². The van der Waals surface area contributed by atoms with Crippen molar-refractivity contribution in [3.8, 4) is 11.5 Å². The Morgan fingerprint density at radius 1 is 1.27 bits per heavy atom. The van der Waals surface area contributed by atoms with Crippen molar-refractivity contribution >= 4 is 0 Å². The molecule has 1 aromatic carbocycles. The van der Waals surface area contributed by atoms with E-state index in [1.807, 2.05) is 0 Å². The van der Waals surface area contributed by atoms with Gasteiger partial charge in [-0.1, -0.05) is 0 Å². The summed E-state index contributed by atoms with van der Waals surface area (Å²) in [5, 5.41) is 9.00. The first-order chi connectivity index (χ1) is 7.13. The van der Waals surface area contributed by atoms with Gasteiger partial charge in [0.15, 0.2) is 11.5 Å². The van der Waals surface area contributed by atoms with Crippen molar-refractivity contribution in [3.63, 3.8) is 0 Å². The number of methoxy groups -OCH3 is 2. The number of hydrogen-bond acceptors (Lipinski definition) is 3. The predicted molar refractivity (Wildman–Crippen MR) is 50.4 cm³/mol. The molecular formula is C10H12F2O3. The van der Waals surface area contributed by atoms with Crippen LogP contribution in [0.2, 0.25) is 0 Å². The third kappa shape index (κ3) is 2.36. The van der Waals surface area contributed by atoms with Gasteiger partial charge in [0, 0.05) is 11.1 Å². The first-order valence-corrected chi connectivity index (χ1v) is 4.27. The molecule has 0 heterocycles. The lowest BCUT2D eigenvalue weighted by Gasteiger charge is -2.13. The SMILES string of the molecule is COc1cc(C(F)F)cc(CO)c1OC. The summed E-state index contributed by atoms with van der Waals surface area (Å²) in [5.74, 6) is 0.476. The number of aliphatic hydroxyl groups excluding tert-OH is 1. The van der Waals surface area contributed by atoms with Crippen LogP contribution in [0.3, 0.4) is 0 Å². The van der Waals surface area contributed by atoms with Crippen LogP contribution in [-0.2, 0) is 6.61 Å². The number of halogens is 2. The van der Waals surface area contributed by atoms with E-state index in [9.17, 15) is 8.78 Å². The number of benzene rings is 1.